The number of hydrogen-bond donors (Lipinski definition) is 0. The van der Waals surface area contributed by atoms with Crippen molar-refractivity contribution in [2.45, 2.75) is 31.7 Å². The van der Waals surface area contributed by atoms with E-state index >= 15 is 0 Å². The topological polar surface area (TPSA) is 29.3 Å². The molecule has 104 valence electrons. The van der Waals surface area contributed by atoms with Crippen LogP contribution in [0, 0.1) is 0 Å². The fourth-order valence-corrected chi connectivity index (χ4v) is 2.13. The van der Waals surface area contributed by atoms with Gasteiger partial charge in [-0.05, 0) is 12.5 Å². The highest BCUT2D eigenvalue weighted by molar-refractivity contribution is 5.80. The fourth-order valence-electron chi connectivity index (χ4n) is 2.13. The summed E-state index contributed by atoms with van der Waals surface area (Å²) >= 11 is 0. The Bertz CT molecular complexity index is 447. The number of rotatable bonds is 4. The van der Waals surface area contributed by atoms with Gasteiger partial charge in [-0.15, -0.1) is 0 Å². The van der Waals surface area contributed by atoms with Crippen molar-refractivity contribution in [3.63, 3.8) is 0 Å². The molecule has 0 aliphatic carbocycles. The first-order valence-electron chi connectivity index (χ1n) is 5.98. The first-order valence-corrected chi connectivity index (χ1v) is 5.98. The average Bonchev–Trinajstić information content (AvgIpc) is 3.05. The van der Waals surface area contributed by atoms with Gasteiger partial charge in [0.1, 0.15) is 12.1 Å². The summed E-state index contributed by atoms with van der Waals surface area (Å²) in [6, 6.07) is 5.81. The first-order chi connectivity index (χ1) is 8.95. The molecule has 2 rings (SSSR count). The van der Waals surface area contributed by atoms with Gasteiger partial charge >= 0.3 is 12.1 Å². The third kappa shape index (κ3) is 3.07. The molecule has 1 aliphatic heterocycles. The Balaban J connectivity index is 2.08. The SMILES string of the molecule is CCOC(=O)[C@H]1[C@@H](C(F)(F)F)N1Cc1ccccc1. The van der Waals surface area contributed by atoms with Gasteiger partial charge < -0.3 is 4.74 Å². The van der Waals surface area contributed by atoms with Gasteiger partial charge in [-0.3, -0.25) is 9.69 Å². The molecule has 1 fully saturated rings. The molecule has 0 spiro atoms. The van der Waals surface area contributed by atoms with Crippen LogP contribution < -0.4 is 0 Å². The monoisotopic (exact) mass is 273 g/mol. The van der Waals surface area contributed by atoms with Crippen molar-refractivity contribution in [2.75, 3.05) is 6.61 Å². The van der Waals surface area contributed by atoms with Crippen LogP contribution in [0.25, 0.3) is 0 Å². The van der Waals surface area contributed by atoms with Crippen molar-refractivity contribution >= 4 is 5.97 Å². The third-order valence-electron chi connectivity index (χ3n) is 3.00. The molecule has 1 aromatic carbocycles. The van der Waals surface area contributed by atoms with Gasteiger partial charge in [0.15, 0.2) is 0 Å². The van der Waals surface area contributed by atoms with Crippen LogP contribution in [0.1, 0.15) is 12.5 Å². The van der Waals surface area contributed by atoms with Gasteiger partial charge in [-0.25, -0.2) is 0 Å². The summed E-state index contributed by atoms with van der Waals surface area (Å²) in [5.74, 6) is -0.805. The number of esters is 1. The normalized spacial score (nSPS) is 26.0. The molecule has 1 heterocycles. The van der Waals surface area contributed by atoms with E-state index < -0.39 is 24.2 Å². The molecule has 1 saturated heterocycles. The summed E-state index contributed by atoms with van der Waals surface area (Å²) in [4.78, 5) is 12.6. The zero-order chi connectivity index (χ0) is 14.0. The smallest absolute Gasteiger partial charge is 0.406 e. The molecule has 0 N–H and O–H groups in total. The molecule has 0 saturated carbocycles. The van der Waals surface area contributed by atoms with Crippen molar-refractivity contribution in [1.29, 1.82) is 0 Å². The Hall–Kier alpha value is -1.56. The quantitative estimate of drug-likeness (QED) is 0.623. The molecule has 3 nitrogen and oxygen atoms in total. The molecule has 19 heavy (non-hydrogen) atoms. The molecule has 1 unspecified atom stereocenters. The first kappa shape index (κ1) is 13.9. The van der Waals surface area contributed by atoms with Crippen LogP contribution in [0.15, 0.2) is 30.3 Å². The Morgan fingerprint density at radius 1 is 1.32 bits per heavy atom. The molecule has 0 amide bonds. The Morgan fingerprint density at radius 2 is 1.95 bits per heavy atom. The van der Waals surface area contributed by atoms with Crippen LogP contribution in [0.4, 0.5) is 13.2 Å². The number of alkyl halides is 3. The second kappa shape index (κ2) is 5.21. The summed E-state index contributed by atoms with van der Waals surface area (Å²) in [5.41, 5.74) is 0.739. The lowest BCUT2D eigenvalue weighted by Crippen LogP contribution is -2.24. The number of halogens is 3. The zero-order valence-corrected chi connectivity index (χ0v) is 10.4. The fraction of sp³-hybridized carbons (Fsp3) is 0.462. The Kier molecular flexibility index (Phi) is 3.80. The van der Waals surface area contributed by atoms with E-state index in [9.17, 15) is 18.0 Å². The second-order valence-electron chi connectivity index (χ2n) is 4.34. The average molecular weight is 273 g/mol. The molecule has 1 aromatic rings. The van der Waals surface area contributed by atoms with E-state index in [0.29, 0.717) is 0 Å². The molecule has 0 aromatic heterocycles. The molecule has 0 radical (unpaired) electrons. The van der Waals surface area contributed by atoms with Crippen molar-refractivity contribution in [2.24, 2.45) is 0 Å². The van der Waals surface area contributed by atoms with E-state index in [2.05, 4.69) is 4.74 Å². The van der Waals surface area contributed by atoms with Gasteiger partial charge in [0.05, 0.1) is 6.61 Å². The van der Waals surface area contributed by atoms with E-state index in [1.165, 1.54) is 0 Å². The Morgan fingerprint density at radius 3 is 2.47 bits per heavy atom. The number of hydrogen-bond acceptors (Lipinski definition) is 3. The van der Waals surface area contributed by atoms with Gasteiger partial charge in [0.25, 0.3) is 0 Å². The standard InChI is InChI=1S/C13H14F3NO2/c1-2-19-12(18)10-11(13(14,15)16)17(10)8-9-6-4-3-5-7-9/h3-7,10-11H,2,8H2,1H3/t10-,11+,17?/m1/s1. The van der Waals surface area contributed by atoms with Crippen molar-refractivity contribution < 1.29 is 22.7 Å². The van der Waals surface area contributed by atoms with E-state index in [-0.39, 0.29) is 13.2 Å². The lowest BCUT2D eigenvalue weighted by molar-refractivity contribution is -0.149. The van der Waals surface area contributed by atoms with Crippen molar-refractivity contribution in [3.8, 4) is 0 Å². The van der Waals surface area contributed by atoms with E-state index in [1.807, 2.05) is 0 Å². The summed E-state index contributed by atoms with van der Waals surface area (Å²) in [5, 5.41) is 0. The molecular formula is C13H14F3NO2. The molecule has 3 atom stereocenters. The second-order valence-corrected chi connectivity index (χ2v) is 4.34. The number of benzene rings is 1. The van der Waals surface area contributed by atoms with Crippen LogP contribution in [0.5, 0.6) is 0 Å². The van der Waals surface area contributed by atoms with Gasteiger partial charge in [-0.1, -0.05) is 30.3 Å². The van der Waals surface area contributed by atoms with Gasteiger partial charge in [0.2, 0.25) is 0 Å². The van der Waals surface area contributed by atoms with Crippen molar-refractivity contribution in [3.05, 3.63) is 35.9 Å². The predicted octanol–water partition coefficient (Wildman–Crippen LogP) is 2.36. The summed E-state index contributed by atoms with van der Waals surface area (Å²) in [6.45, 7) is 1.75. The minimum absolute atomic E-state index is 0.0824. The minimum Gasteiger partial charge on any atom is -0.465 e. The third-order valence-corrected chi connectivity index (χ3v) is 3.00. The van der Waals surface area contributed by atoms with E-state index in [4.69, 9.17) is 0 Å². The summed E-state index contributed by atoms with van der Waals surface area (Å²) in [7, 11) is 0. The van der Waals surface area contributed by atoms with Crippen LogP contribution in [-0.2, 0) is 16.1 Å². The molecule has 1 aliphatic rings. The van der Waals surface area contributed by atoms with Crippen molar-refractivity contribution in [1.82, 2.24) is 4.90 Å². The van der Waals surface area contributed by atoms with Crippen LogP contribution in [0.2, 0.25) is 0 Å². The van der Waals surface area contributed by atoms with Crippen LogP contribution in [0.3, 0.4) is 0 Å². The molecular weight excluding hydrogens is 259 g/mol. The van der Waals surface area contributed by atoms with Gasteiger partial charge in [-0.2, -0.15) is 13.2 Å². The maximum absolute atomic E-state index is 12.8. The van der Waals surface area contributed by atoms with Gasteiger partial charge in [0, 0.05) is 6.54 Å². The maximum Gasteiger partial charge on any atom is 0.406 e. The highest BCUT2D eigenvalue weighted by atomic mass is 19.4. The van der Waals surface area contributed by atoms with Crippen LogP contribution >= 0.6 is 0 Å². The number of nitrogens with zero attached hydrogens (tertiary/aromatic N) is 1. The predicted molar refractivity (Wildman–Crippen MR) is 62.2 cm³/mol. The minimum atomic E-state index is -4.41. The lowest BCUT2D eigenvalue weighted by atomic mass is 10.2. The lowest BCUT2D eigenvalue weighted by Gasteiger charge is -2.06. The highest BCUT2D eigenvalue weighted by Gasteiger charge is 2.66. The summed E-state index contributed by atoms with van der Waals surface area (Å²) < 4.78 is 43.1. The summed E-state index contributed by atoms with van der Waals surface area (Å²) in [6.07, 6.45) is -4.41. The van der Waals surface area contributed by atoms with E-state index in [1.54, 1.807) is 37.3 Å². The largest absolute Gasteiger partial charge is 0.465 e. The highest BCUT2D eigenvalue weighted by Crippen LogP contribution is 2.42. The molecule has 0 bridgehead atoms. The number of carbonyl (C=O) groups excluding carboxylic acids is 1. The maximum atomic E-state index is 12.8. The Labute approximate surface area is 109 Å². The number of carbonyl (C=O) groups is 1. The van der Waals surface area contributed by atoms with Crippen LogP contribution in [-0.4, -0.2) is 35.7 Å². The number of ether oxygens (including phenoxy) is 1. The van der Waals surface area contributed by atoms with E-state index in [0.717, 1.165) is 10.5 Å². The zero-order valence-electron chi connectivity index (χ0n) is 10.4. The molecule has 6 heteroatoms.